The van der Waals surface area contributed by atoms with Crippen molar-refractivity contribution >= 4 is 12.1 Å². The fraction of sp³-hybridized carbons (Fsp3) is 0.706. The SMILES string of the molecule is CC1(C)NC(=O)OC12CCN(C(=O)NCc1ccnn1C1CC1(F)F)CC2. The summed E-state index contributed by atoms with van der Waals surface area (Å²) < 4.78 is 33.4. The van der Waals surface area contributed by atoms with E-state index in [2.05, 4.69) is 15.7 Å². The van der Waals surface area contributed by atoms with Gasteiger partial charge in [0.1, 0.15) is 11.6 Å². The first-order valence-electron chi connectivity index (χ1n) is 9.08. The summed E-state index contributed by atoms with van der Waals surface area (Å²) in [6.45, 7) is 4.87. The lowest BCUT2D eigenvalue weighted by Crippen LogP contribution is -2.59. The van der Waals surface area contributed by atoms with E-state index < -0.39 is 29.2 Å². The molecule has 3 amide bonds. The van der Waals surface area contributed by atoms with Gasteiger partial charge in [-0.3, -0.25) is 4.68 Å². The number of alkyl halides is 2. The van der Waals surface area contributed by atoms with Crippen LogP contribution in [0.15, 0.2) is 12.3 Å². The fourth-order valence-corrected chi connectivity index (χ4v) is 4.00. The van der Waals surface area contributed by atoms with Gasteiger partial charge in [0.15, 0.2) is 0 Å². The van der Waals surface area contributed by atoms with Crippen molar-refractivity contribution in [3.8, 4) is 0 Å². The first-order chi connectivity index (χ1) is 12.6. The van der Waals surface area contributed by atoms with Crippen molar-refractivity contribution in [1.82, 2.24) is 25.3 Å². The first kappa shape index (κ1) is 18.0. The second-order valence-electron chi connectivity index (χ2n) is 8.03. The molecule has 1 spiro atoms. The third kappa shape index (κ3) is 3.00. The van der Waals surface area contributed by atoms with Crippen molar-refractivity contribution in [2.45, 2.75) is 62.8 Å². The van der Waals surface area contributed by atoms with Crippen molar-refractivity contribution in [2.75, 3.05) is 13.1 Å². The molecule has 3 fully saturated rings. The van der Waals surface area contributed by atoms with Crippen LogP contribution in [0.2, 0.25) is 0 Å². The van der Waals surface area contributed by atoms with Crippen molar-refractivity contribution in [3.63, 3.8) is 0 Å². The monoisotopic (exact) mass is 383 g/mol. The second kappa shape index (κ2) is 5.80. The largest absolute Gasteiger partial charge is 0.440 e. The number of alkyl carbamates (subject to hydrolysis) is 1. The van der Waals surface area contributed by atoms with Crippen LogP contribution in [0.5, 0.6) is 0 Å². The van der Waals surface area contributed by atoms with E-state index in [-0.39, 0.29) is 19.0 Å². The zero-order valence-corrected chi connectivity index (χ0v) is 15.3. The number of urea groups is 1. The van der Waals surface area contributed by atoms with Gasteiger partial charge in [-0.15, -0.1) is 0 Å². The molecule has 8 nitrogen and oxygen atoms in total. The lowest BCUT2D eigenvalue weighted by atomic mass is 9.76. The van der Waals surface area contributed by atoms with Gasteiger partial charge >= 0.3 is 12.1 Å². The van der Waals surface area contributed by atoms with Gasteiger partial charge in [0, 0.05) is 38.5 Å². The molecule has 1 unspecified atom stereocenters. The van der Waals surface area contributed by atoms with E-state index in [1.807, 2.05) is 13.8 Å². The molecule has 0 radical (unpaired) electrons. The summed E-state index contributed by atoms with van der Waals surface area (Å²) in [7, 11) is 0. The van der Waals surface area contributed by atoms with Gasteiger partial charge in [-0.2, -0.15) is 5.10 Å². The van der Waals surface area contributed by atoms with Gasteiger partial charge in [-0.05, 0) is 19.9 Å². The minimum Gasteiger partial charge on any atom is -0.440 e. The van der Waals surface area contributed by atoms with Gasteiger partial charge in [-0.1, -0.05) is 0 Å². The Hall–Kier alpha value is -2.39. The number of hydrogen-bond donors (Lipinski definition) is 2. The molecular formula is C17H23F2N5O3. The Morgan fingerprint density at radius 2 is 2.07 bits per heavy atom. The molecule has 27 heavy (non-hydrogen) atoms. The molecule has 2 saturated heterocycles. The Balaban J connectivity index is 1.32. The van der Waals surface area contributed by atoms with Crippen molar-refractivity contribution in [3.05, 3.63) is 18.0 Å². The highest BCUT2D eigenvalue weighted by Crippen LogP contribution is 2.52. The lowest BCUT2D eigenvalue weighted by molar-refractivity contribution is -0.0327. The Morgan fingerprint density at radius 3 is 2.63 bits per heavy atom. The summed E-state index contributed by atoms with van der Waals surface area (Å²) >= 11 is 0. The third-order valence-electron chi connectivity index (χ3n) is 5.96. The fourth-order valence-electron chi connectivity index (χ4n) is 4.00. The van der Waals surface area contributed by atoms with Gasteiger partial charge < -0.3 is 20.3 Å². The predicted octanol–water partition coefficient (Wildman–Crippen LogP) is 2.03. The highest BCUT2D eigenvalue weighted by Gasteiger charge is 2.59. The van der Waals surface area contributed by atoms with Gasteiger partial charge in [-0.25, -0.2) is 18.4 Å². The van der Waals surface area contributed by atoms with Gasteiger partial charge in [0.05, 0.1) is 17.8 Å². The molecule has 1 aromatic heterocycles. The van der Waals surface area contributed by atoms with E-state index in [4.69, 9.17) is 4.74 Å². The molecule has 0 aromatic carbocycles. The van der Waals surface area contributed by atoms with Crippen LogP contribution in [0.1, 0.15) is 44.8 Å². The van der Waals surface area contributed by atoms with Crippen molar-refractivity contribution < 1.29 is 23.1 Å². The minimum atomic E-state index is -2.72. The van der Waals surface area contributed by atoms with Crippen LogP contribution >= 0.6 is 0 Å². The summed E-state index contributed by atoms with van der Waals surface area (Å²) in [6, 6.07) is 0.447. The average Bonchev–Trinajstić information content (AvgIpc) is 2.91. The van der Waals surface area contributed by atoms with Crippen LogP contribution in [0.25, 0.3) is 0 Å². The molecule has 2 N–H and O–H groups in total. The Bertz CT molecular complexity index is 770. The van der Waals surface area contributed by atoms with E-state index in [0.29, 0.717) is 31.6 Å². The summed E-state index contributed by atoms with van der Waals surface area (Å²) in [5, 5.41) is 9.54. The molecule has 148 valence electrons. The van der Waals surface area contributed by atoms with E-state index >= 15 is 0 Å². The smallest absolute Gasteiger partial charge is 0.408 e. The van der Waals surface area contributed by atoms with E-state index in [1.165, 1.54) is 10.9 Å². The normalized spacial score (nSPS) is 27.2. The maximum Gasteiger partial charge on any atom is 0.408 e. The van der Waals surface area contributed by atoms with E-state index in [1.54, 1.807) is 11.0 Å². The summed E-state index contributed by atoms with van der Waals surface area (Å²) in [4.78, 5) is 25.7. The molecule has 1 aliphatic carbocycles. The lowest BCUT2D eigenvalue weighted by Gasteiger charge is -2.44. The number of ether oxygens (including phenoxy) is 1. The maximum absolute atomic E-state index is 13.3. The number of halogens is 2. The zero-order chi connectivity index (χ0) is 19.4. The number of nitrogens with one attached hydrogen (secondary N) is 2. The zero-order valence-electron chi connectivity index (χ0n) is 15.3. The highest BCUT2D eigenvalue weighted by atomic mass is 19.3. The minimum absolute atomic E-state index is 0.134. The molecule has 3 heterocycles. The standard InChI is InChI=1S/C17H23F2N5O3/c1-15(2)16(27-14(26)22-15)4-7-23(8-5-16)13(25)20-10-11-3-6-21-24(11)12-9-17(12,18)19/h3,6,12H,4-5,7-10H2,1-2H3,(H,20,25)(H,22,26). The predicted molar refractivity (Wildman–Crippen MR) is 90.3 cm³/mol. The van der Waals surface area contributed by atoms with Crippen LogP contribution < -0.4 is 10.6 Å². The average molecular weight is 383 g/mol. The van der Waals surface area contributed by atoms with Crippen molar-refractivity contribution in [2.24, 2.45) is 0 Å². The number of carbonyl (C=O) groups excluding carboxylic acids is 2. The molecule has 1 atom stereocenters. The number of likely N-dealkylation sites (tertiary alicyclic amines) is 1. The summed E-state index contributed by atoms with van der Waals surface area (Å²) in [6.07, 6.45) is 1.90. The summed E-state index contributed by atoms with van der Waals surface area (Å²) in [5.74, 6) is -2.72. The van der Waals surface area contributed by atoms with Crippen LogP contribution in [0.3, 0.4) is 0 Å². The van der Waals surface area contributed by atoms with Crippen LogP contribution in [0, 0.1) is 0 Å². The molecule has 0 bridgehead atoms. The first-order valence-corrected chi connectivity index (χ1v) is 9.08. The second-order valence-corrected chi connectivity index (χ2v) is 8.03. The number of aromatic nitrogens is 2. The quantitative estimate of drug-likeness (QED) is 0.836. The molecular weight excluding hydrogens is 360 g/mol. The number of piperidine rings is 1. The molecule has 4 rings (SSSR count). The summed E-state index contributed by atoms with van der Waals surface area (Å²) in [5.41, 5.74) is -0.555. The van der Waals surface area contributed by atoms with Crippen LogP contribution in [-0.2, 0) is 11.3 Å². The number of amides is 3. The van der Waals surface area contributed by atoms with Crippen LogP contribution in [0.4, 0.5) is 18.4 Å². The molecule has 3 aliphatic rings. The number of nitrogens with zero attached hydrogens (tertiary/aromatic N) is 3. The number of carbonyl (C=O) groups is 2. The number of rotatable bonds is 3. The van der Waals surface area contributed by atoms with E-state index in [0.717, 1.165) is 0 Å². The molecule has 1 saturated carbocycles. The van der Waals surface area contributed by atoms with Gasteiger partial charge in [0.25, 0.3) is 5.92 Å². The molecule has 1 aromatic rings. The third-order valence-corrected chi connectivity index (χ3v) is 5.96. The maximum atomic E-state index is 13.3. The Morgan fingerprint density at radius 1 is 1.41 bits per heavy atom. The topological polar surface area (TPSA) is 88.5 Å². The highest BCUT2D eigenvalue weighted by molar-refractivity contribution is 5.75. The van der Waals surface area contributed by atoms with E-state index in [9.17, 15) is 18.4 Å². The number of hydrogen-bond acceptors (Lipinski definition) is 4. The Labute approximate surface area is 155 Å². The molecule has 10 heteroatoms. The van der Waals surface area contributed by atoms with Gasteiger partial charge in [0.2, 0.25) is 0 Å². The van der Waals surface area contributed by atoms with Crippen LogP contribution in [-0.4, -0.2) is 57.0 Å². The van der Waals surface area contributed by atoms with Crippen molar-refractivity contribution in [1.29, 1.82) is 0 Å². The Kier molecular flexibility index (Phi) is 3.87. The molecule has 2 aliphatic heterocycles.